The fraction of sp³-hybridized carbons (Fsp3) is 0.412. The summed E-state index contributed by atoms with van der Waals surface area (Å²) in [5, 5.41) is 0. The summed E-state index contributed by atoms with van der Waals surface area (Å²) < 4.78 is 1.31. The highest BCUT2D eigenvalue weighted by molar-refractivity contribution is 8.01. The van der Waals surface area contributed by atoms with E-state index in [4.69, 9.17) is 5.73 Å². The minimum absolute atomic E-state index is 0.178. The van der Waals surface area contributed by atoms with Gasteiger partial charge in [0.1, 0.15) is 0 Å². The Bertz CT molecular complexity index is 596. The summed E-state index contributed by atoms with van der Waals surface area (Å²) in [6, 6.07) is 11.3. The predicted molar refractivity (Wildman–Crippen MR) is 97.9 cm³/mol. The summed E-state index contributed by atoms with van der Waals surface area (Å²) in [6.07, 6.45) is 0. The molecule has 0 fully saturated rings. The van der Waals surface area contributed by atoms with Gasteiger partial charge in [0.25, 0.3) is 0 Å². The van der Waals surface area contributed by atoms with Gasteiger partial charge in [0.15, 0.2) is 0 Å². The first-order valence-corrected chi connectivity index (χ1v) is 9.79. The van der Waals surface area contributed by atoms with Crippen LogP contribution >= 0.6 is 34.9 Å². The van der Waals surface area contributed by atoms with Crippen LogP contribution in [0.25, 0.3) is 0 Å². The lowest BCUT2D eigenvalue weighted by Gasteiger charge is -2.21. The summed E-state index contributed by atoms with van der Waals surface area (Å²) in [7, 11) is 0. The molecule has 0 spiro atoms. The first-order chi connectivity index (χ1) is 9.92. The molecule has 2 rings (SSSR count). The molecule has 0 radical (unpaired) electrons. The molecule has 0 aliphatic carbocycles. The predicted octanol–water partition coefficient (Wildman–Crippen LogP) is 5.77. The lowest BCUT2D eigenvalue weighted by Crippen LogP contribution is -2.11. The highest BCUT2D eigenvalue weighted by atomic mass is 32.2. The molecule has 0 saturated carbocycles. The molecule has 0 amide bonds. The molecule has 0 atom stereocenters. The molecule has 1 aromatic heterocycles. The smallest absolute Gasteiger partial charge is 0.0649 e. The zero-order chi connectivity index (χ0) is 15.5. The van der Waals surface area contributed by atoms with Crippen molar-refractivity contribution in [2.24, 2.45) is 5.73 Å². The first kappa shape index (κ1) is 16.9. The number of nitrogens with two attached hydrogens (primary N) is 1. The van der Waals surface area contributed by atoms with Crippen LogP contribution in [0.15, 0.2) is 44.3 Å². The second-order valence-corrected chi connectivity index (χ2v) is 9.78. The van der Waals surface area contributed by atoms with Crippen LogP contribution in [0.1, 0.15) is 38.1 Å². The Kier molecular flexibility index (Phi) is 5.83. The molecule has 114 valence electrons. The minimum Gasteiger partial charge on any atom is -0.326 e. The van der Waals surface area contributed by atoms with Crippen molar-refractivity contribution in [1.29, 1.82) is 0 Å². The number of hydrogen-bond donors (Lipinski definition) is 1. The number of hydrogen-bond acceptors (Lipinski definition) is 4. The maximum absolute atomic E-state index is 5.70. The molecule has 0 saturated heterocycles. The van der Waals surface area contributed by atoms with Crippen molar-refractivity contribution in [1.82, 2.24) is 0 Å². The summed E-state index contributed by atoms with van der Waals surface area (Å²) in [4.78, 5) is 3.93. The van der Waals surface area contributed by atoms with Crippen LogP contribution in [0.4, 0.5) is 0 Å². The van der Waals surface area contributed by atoms with Gasteiger partial charge in [-0.3, -0.25) is 0 Å². The van der Waals surface area contributed by atoms with Crippen LogP contribution in [0.5, 0.6) is 0 Å². The molecular formula is C17H23NS3. The molecule has 1 aromatic carbocycles. The van der Waals surface area contributed by atoms with E-state index in [1.807, 2.05) is 23.5 Å². The van der Waals surface area contributed by atoms with E-state index in [1.54, 1.807) is 11.3 Å². The van der Waals surface area contributed by atoms with Gasteiger partial charge in [0, 0.05) is 21.2 Å². The summed E-state index contributed by atoms with van der Waals surface area (Å²) >= 11 is 5.55. The Morgan fingerprint density at radius 1 is 1.10 bits per heavy atom. The van der Waals surface area contributed by atoms with Gasteiger partial charge in [-0.2, -0.15) is 0 Å². The molecule has 0 unspecified atom stereocenters. The standard InChI is InChI=1S/C17H23NS3/c1-5-19-14-8-12(17(2,3)4)9-15(10-14)21-16-7-6-13(11-18)20-16/h6-10H,5,11,18H2,1-4H3. The fourth-order valence-electron chi connectivity index (χ4n) is 1.95. The van der Waals surface area contributed by atoms with Crippen molar-refractivity contribution in [2.45, 2.75) is 53.7 Å². The van der Waals surface area contributed by atoms with Gasteiger partial charge in [-0.05, 0) is 47.1 Å². The molecular weight excluding hydrogens is 314 g/mol. The number of thiophene rings is 1. The highest BCUT2D eigenvalue weighted by Gasteiger charge is 2.16. The molecule has 4 heteroatoms. The molecule has 0 aliphatic rings. The van der Waals surface area contributed by atoms with E-state index in [1.165, 1.54) is 24.4 Å². The van der Waals surface area contributed by atoms with Crippen molar-refractivity contribution in [3.63, 3.8) is 0 Å². The number of rotatable bonds is 5. The monoisotopic (exact) mass is 337 g/mol. The van der Waals surface area contributed by atoms with Crippen LogP contribution in [0.3, 0.4) is 0 Å². The lowest BCUT2D eigenvalue weighted by molar-refractivity contribution is 0.587. The minimum atomic E-state index is 0.178. The normalized spacial score (nSPS) is 11.9. The van der Waals surface area contributed by atoms with Crippen LogP contribution in [-0.4, -0.2) is 5.75 Å². The fourth-order valence-corrected chi connectivity index (χ4v) is 4.91. The zero-order valence-electron chi connectivity index (χ0n) is 13.1. The van der Waals surface area contributed by atoms with E-state index >= 15 is 0 Å². The SMILES string of the molecule is CCSc1cc(Sc2ccc(CN)s2)cc(C(C)(C)C)c1. The Morgan fingerprint density at radius 2 is 1.81 bits per heavy atom. The average molecular weight is 338 g/mol. The molecule has 0 bridgehead atoms. The molecule has 2 aromatic rings. The molecule has 2 N–H and O–H groups in total. The Morgan fingerprint density at radius 3 is 2.38 bits per heavy atom. The summed E-state index contributed by atoms with van der Waals surface area (Å²) in [5.41, 5.74) is 7.28. The largest absolute Gasteiger partial charge is 0.326 e. The van der Waals surface area contributed by atoms with E-state index in [-0.39, 0.29) is 5.41 Å². The Balaban J connectivity index is 2.30. The lowest BCUT2D eigenvalue weighted by atomic mass is 9.87. The second-order valence-electron chi connectivity index (χ2n) is 5.90. The Hall–Kier alpha value is -0.420. The van der Waals surface area contributed by atoms with E-state index in [0.717, 1.165) is 5.75 Å². The first-order valence-electron chi connectivity index (χ1n) is 7.17. The van der Waals surface area contributed by atoms with Crippen molar-refractivity contribution in [3.8, 4) is 0 Å². The molecule has 1 heterocycles. The van der Waals surface area contributed by atoms with E-state index < -0.39 is 0 Å². The topological polar surface area (TPSA) is 26.0 Å². The van der Waals surface area contributed by atoms with Gasteiger partial charge in [-0.1, -0.05) is 39.5 Å². The third kappa shape index (κ3) is 4.78. The third-order valence-corrected chi connectivity index (χ3v) is 6.18. The van der Waals surface area contributed by atoms with Gasteiger partial charge in [-0.15, -0.1) is 23.1 Å². The Labute approximate surface area is 140 Å². The van der Waals surface area contributed by atoms with Crippen molar-refractivity contribution >= 4 is 34.9 Å². The van der Waals surface area contributed by atoms with Gasteiger partial charge < -0.3 is 5.73 Å². The summed E-state index contributed by atoms with van der Waals surface area (Å²) in [5.74, 6) is 1.11. The van der Waals surface area contributed by atoms with Crippen LogP contribution in [0.2, 0.25) is 0 Å². The maximum Gasteiger partial charge on any atom is 0.0649 e. The molecule has 0 aliphatic heterocycles. The van der Waals surface area contributed by atoms with E-state index in [9.17, 15) is 0 Å². The number of thioether (sulfide) groups is 1. The number of benzene rings is 1. The average Bonchev–Trinajstić information content (AvgIpc) is 2.85. The van der Waals surface area contributed by atoms with E-state index in [0.29, 0.717) is 6.54 Å². The van der Waals surface area contributed by atoms with Gasteiger partial charge in [-0.25, -0.2) is 0 Å². The maximum atomic E-state index is 5.70. The van der Waals surface area contributed by atoms with Gasteiger partial charge >= 0.3 is 0 Å². The van der Waals surface area contributed by atoms with Crippen LogP contribution < -0.4 is 5.73 Å². The van der Waals surface area contributed by atoms with Gasteiger partial charge in [0.2, 0.25) is 0 Å². The van der Waals surface area contributed by atoms with Crippen LogP contribution in [-0.2, 0) is 12.0 Å². The summed E-state index contributed by atoms with van der Waals surface area (Å²) in [6.45, 7) is 9.65. The van der Waals surface area contributed by atoms with Crippen molar-refractivity contribution in [3.05, 3.63) is 40.8 Å². The molecule has 1 nitrogen and oxygen atoms in total. The third-order valence-electron chi connectivity index (χ3n) is 3.11. The molecule has 21 heavy (non-hydrogen) atoms. The quantitative estimate of drug-likeness (QED) is 0.702. The van der Waals surface area contributed by atoms with Crippen LogP contribution in [0, 0.1) is 0 Å². The van der Waals surface area contributed by atoms with E-state index in [2.05, 4.69) is 58.0 Å². The van der Waals surface area contributed by atoms with Gasteiger partial charge in [0.05, 0.1) is 4.21 Å². The van der Waals surface area contributed by atoms with Crippen molar-refractivity contribution < 1.29 is 0 Å². The van der Waals surface area contributed by atoms with Crippen molar-refractivity contribution in [2.75, 3.05) is 5.75 Å². The zero-order valence-corrected chi connectivity index (χ0v) is 15.6. The second kappa shape index (κ2) is 7.23. The highest BCUT2D eigenvalue weighted by Crippen LogP contribution is 2.38.